The minimum absolute atomic E-state index is 0.110. The Labute approximate surface area is 179 Å². The van der Waals surface area contributed by atoms with Crippen LogP contribution in [-0.4, -0.2) is 38.8 Å². The Morgan fingerprint density at radius 3 is 2.30 bits per heavy atom. The Kier molecular flexibility index (Phi) is 8.08. The van der Waals surface area contributed by atoms with Crippen molar-refractivity contribution in [1.29, 1.82) is 0 Å². The summed E-state index contributed by atoms with van der Waals surface area (Å²) in [6, 6.07) is 6.62. The molecule has 6 nitrogen and oxygen atoms in total. The van der Waals surface area contributed by atoms with Gasteiger partial charge in [-0.2, -0.15) is 8.42 Å². The Morgan fingerprint density at radius 2 is 1.60 bits per heavy atom. The number of hydrogen-bond acceptors (Lipinski definition) is 6. The van der Waals surface area contributed by atoms with E-state index < -0.39 is 22.2 Å². The molecular weight excluding hydrogens is 404 g/mol. The van der Waals surface area contributed by atoms with Crippen molar-refractivity contribution in [1.82, 2.24) is 0 Å². The van der Waals surface area contributed by atoms with E-state index >= 15 is 0 Å². The zero-order valence-electron chi connectivity index (χ0n) is 17.8. The fraction of sp³-hybridized carbons (Fsp3) is 0.609. The molecule has 1 aromatic rings. The molecule has 0 aromatic heterocycles. The first-order valence-electron chi connectivity index (χ1n) is 10.9. The van der Waals surface area contributed by atoms with E-state index in [1.54, 1.807) is 30.3 Å². The van der Waals surface area contributed by atoms with Gasteiger partial charge in [0.25, 0.3) is 10.1 Å². The number of epoxide rings is 1. The molecule has 2 heterocycles. The van der Waals surface area contributed by atoms with Crippen LogP contribution >= 0.6 is 0 Å². The maximum atomic E-state index is 12.8. The van der Waals surface area contributed by atoms with Crippen LogP contribution in [0.3, 0.4) is 0 Å². The molecule has 30 heavy (non-hydrogen) atoms. The largest absolute Gasteiger partial charge is 0.460 e. The van der Waals surface area contributed by atoms with Crippen LogP contribution in [0.5, 0.6) is 0 Å². The van der Waals surface area contributed by atoms with E-state index in [-0.39, 0.29) is 23.2 Å². The second-order valence-electron chi connectivity index (χ2n) is 8.27. The molecule has 1 aromatic carbocycles. The van der Waals surface area contributed by atoms with E-state index in [0.717, 1.165) is 50.5 Å². The highest BCUT2D eigenvalue weighted by molar-refractivity contribution is 7.86. The van der Waals surface area contributed by atoms with Gasteiger partial charge in [-0.3, -0.25) is 4.18 Å². The highest BCUT2D eigenvalue weighted by atomic mass is 32.2. The van der Waals surface area contributed by atoms with E-state index in [9.17, 15) is 13.2 Å². The van der Waals surface area contributed by atoms with Crippen LogP contribution in [0.2, 0.25) is 0 Å². The predicted molar refractivity (Wildman–Crippen MR) is 114 cm³/mol. The topological polar surface area (TPSA) is 82.2 Å². The summed E-state index contributed by atoms with van der Waals surface area (Å²) in [5, 5.41) is 0. The second kappa shape index (κ2) is 10.6. The fourth-order valence-corrected chi connectivity index (χ4v) is 4.85. The van der Waals surface area contributed by atoms with Gasteiger partial charge in [-0.25, -0.2) is 4.79 Å². The molecule has 4 atom stereocenters. The molecule has 0 spiro atoms. The number of carbonyl (C=O) groups is 1. The SMILES string of the molecule is Cc1ccc(S(=O)(=O)O[C@H]2CCCCCCCC[C@@H](C)OC(=O)/C=C/[C@H]3O[C@@H]23)cc1. The lowest BCUT2D eigenvalue weighted by molar-refractivity contribution is -0.142. The van der Waals surface area contributed by atoms with E-state index in [0.29, 0.717) is 6.42 Å². The summed E-state index contributed by atoms with van der Waals surface area (Å²) in [7, 11) is -3.89. The lowest BCUT2D eigenvalue weighted by Crippen LogP contribution is -2.25. The molecule has 3 rings (SSSR count). The van der Waals surface area contributed by atoms with Crippen LogP contribution in [0.15, 0.2) is 41.3 Å². The van der Waals surface area contributed by atoms with Crippen LogP contribution in [0, 0.1) is 6.92 Å². The molecule has 2 aliphatic rings. The Balaban J connectivity index is 1.68. The molecule has 0 radical (unpaired) electrons. The van der Waals surface area contributed by atoms with E-state index in [1.807, 2.05) is 13.8 Å². The molecule has 0 aliphatic carbocycles. The monoisotopic (exact) mass is 436 g/mol. The fourth-order valence-electron chi connectivity index (χ4n) is 3.73. The number of fused-ring (bicyclic) bond motifs is 1. The van der Waals surface area contributed by atoms with Gasteiger partial charge >= 0.3 is 5.97 Å². The summed E-state index contributed by atoms with van der Waals surface area (Å²) < 4.78 is 42.1. The molecule has 7 heteroatoms. The molecule has 0 amide bonds. The van der Waals surface area contributed by atoms with Crippen LogP contribution in [0.1, 0.15) is 63.9 Å². The lowest BCUT2D eigenvalue weighted by atomic mass is 10.0. The van der Waals surface area contributed by atoms with Gasteiger partial charge < -0.3 is 9.47 Å². The van der Waals surface area contributed by atoms with Crippen molar-refractivity contribution >= 4 is 16.1 Å². The number of cyclic esters (lactones) is 1. The van der Waals surface area contributed by atoms with Crippen molar-refractivity contribution in [2.24, 2.45) is 0 Å². The smallest absolute Gasteiger partial charge is 0.330 e. The zero-order chi connectivity index (χ0) is 21.6. The molecule has 0 N–H and O–H groups in total. The molecule has 1 saturated heterocycles. The predicted octanol–water partition coefficient (Wildman–Crippen LogP) is 4.46. The van der Waals surface area contributed by atoms with Crippen LogP contribution in [0.25, 0.3) is 0 Å². The Hall–Kier alpha value is -1.70. The summed E-state index contributed by atoms with van der Waals surface area (Å²) in [6.45, 7) is 3.81. The van der Waals surface area contributed by atoms with Crippen molar-refractivity contribution < 1.29 is 26.9 Å². The lowest BCUT2D eigenvalue weighted by Gasteiger charge is -2.16. The van der Waals surface area contributed by atoms with Gasteiger partial charge in [0.05, 0.1) is 11.0 Å². The van der Waals surface area contributed by atoms with Crippen LogP contribution in [-0.2, 0) is 28.6 Å². The number of hydrogen-bond donors (Lipinski definition) is 0. The number of rotatable bonds is 3. The molecule has 0 bridgehead atoms. The Morgan fingerprint density at radius 1 is 0.967 bits per heavy atom. The van der Waals surface area contributed by atoms with E-state index in [4.69, 9.17) is 13.7 Å². The van der Waals surface area contributed by atoms with Gasteiger partial charge in [-0.1, -0.05) is 49.8 Å². The summed E-state index contributed by atoms with van der Waals surface area (Å²) >= 11 is 0. The van der Waals surface area contributed by atoms with Gasteiger partial charge in [0.15, 0.2) is 0 Å². The molecular formula is C23H32O6S. The number of benzene rings is 1. The van der Waals surface area contributed by atoms with Gasteiger partial charge in [-0.05, 0) is 51.3 Å². The Bertz CT molecular complexity index is 830. The highest BCUT2D eigenvalue weighted by Crippen LogP contribution is 2.33. The maximum absolute atomic E-state index is 12.8. The summed E-state index contributed by atoms with van der Waals surface area (Å²) in [5.41, 5.74) is 0.982. The van der Waals surface area contributed by atoms with Gasteiger partial charge in [0.1, 0.15) is 18.3 Å². The standard InChI is InChI=1S/C23H32O6S/c1-17-11-13-19(14-12-17)30(25,26)29-21-10-8-6-4-3-5-7-9-18(2)27-22(24)16-15-20-23(21)28-20/h11-16,18,20-21,23H,3-10H2,1-2H3/b16-15+/t18-,20-,21+,23-/m1/s1. The first-order chi connectivity index (χ1) is 14.3. The van der Waals surface area contributed by atoms with Crippen molar-refractivity contribution in [3.05, 3.63) is 42.0 Å². The van der Waals surface area contributed by atoms with Crippen molar-refractivity contribution in [3.8, 4) is 0 Å². The average molecular weight is 437 g/mol. The number of aryl methyl sites for hydroxylation is 1. The van der Waals surface area contributed by atoms with Crippen molar-refractivity contribution in [2.75, 3.05) is 0 Å². The van der Waals surface area contributed by atoms with E-state index in [2.05, 4.69) is 0 Å². The minimum atomic E-state index is -3.89. The molecule has 0 unspecified atom stereocenters. The average Bonchev–Trinajstić information content (AvgIpc) is 3.46. The molecule has 2 aliphatic heterocycles. The number of carbonyl (C=O) groups excluding carboxylic acids is 1. The van der Waals surface area contributed by atoms with Crippen molar-refractivity contribution in [2.45, 2.75) is 94.5 Å². The first kappa shape index (κ1) is 23.0. The molecule has 166 valence electrons. The number of ether oxygens (including phenoxy) is 2. The highest BCUT2D eigenvalue weighted by Gasteiger charge is 2.45. The molecule has 0 saturated carbocycles. The third-order valence-electron chi connectivity index (χ3n) is 5.58. The minimum Gasteiger partial charge on any atom is -0.460 e. The summed E-state index contributed by atoms with van der Waals surface area (Å²) in [6.07, 6.45) is 9.35. The normalized spacial score (nSPS) is 30.1. The summed E-state index contributed by atoms with van der Waals surface area (Å²) in [5.74, 6) is -0.395. The van der Waals surface area contributed by atoms with Gasteiger partial charge in [-0.15, -0.1) is 0 Å². The quantitative estimate of drug-likeness (QED) is 0.395. The summed E-state index contributed by atoms with van der Waals surface area (Å²) in [4.78, 5) is 12.1. The van der Waals surface area contributed by atoms with Crippen LogP contribution < -0.4 is 0 Å². The second-order valence-corrected chi connectivity index (χ2v) is 9.84. The third-order valence-corrected chi connectivity index (χ3v) is 6.93. The van der Waals surface area contributed by atoms with Crippen molar-refractivity contribution in [3.63, 3.8) is 0 Å². The van der Waals surface area contributed by atoms with Gasteiger partial charge in [0, 0.05) is 6.08 Å². The van der Waals surface area contributed by atoms with Crippen LogP contribution in [0.4, 0.5) is 0 Å². The number of esters is 1. The zero-order valence-corrected chi connectivity index (χ0v) is 18.6. The third kappa shape index (κ3) is 6.93. The molecule has 1 fully saturated rings. The van der Waals surface area contributed by atoms with E-state index in [1.165, 1.54) is 6.08 Å². The maximum Gasteiger partial charge on any atom is 0.330 e. The first-order valence-corrected chi connectivity index (χ1v) is 12.3. The van der Waals surface area contributed by atoms with Gasteiger partial charge in [0.2, 0.25) is 0 Å².